The fourth-order valence-corrected chi connectivity index (χ4v) is 3.43. The fraction of sp³-hybridized carbons (Fsp3) is 0.643. The number of fused-ring (bicyclic) bond motifs is 1. The first-order chi connectivity index (χ1) is 9.58. The van der Waals surface area contributed by atoms with Gasteiger partial charge in [-0.1, -0.05) is 0 Å². The molecule has 1 aliphatic carbocycles. The summed E-state index contributed by atoms with van der Waals surface area (Å²) in [4.78, 5) is 28.2. The number of aryl methyl sites for hydroxylation is 3. The second kappa shape index (κ2) is 6.83. The van der Waals surface area contributed by atoms with Crippen molar-refractivity contribution in [3.63, 3.8) is 0 Å². The van der Waals surface area contributed by atoms with E-state index in [1.807, 2.05) is 0 Å². The summed E-state index contributed by atoms with van der Waals surface area (Å²) in [5.74, 6) is -2.49. The van der Waals surface area contributed by atoms with Gasteiger partial charge in [0.25, 0.3) is 0 Å². The lowest BCUT2D eigenvalue weighted by atomic mass is 10.0. The Labute approximate surface area is 122 Å². The van der Waals surface area contributed by atoms with Crippen LogP contribution in [0.3, 0.4) is 0 Å². The Morgan fingerprint density at radius 3 is 2.85 bits per heavy atom. The van der Waals surface area contributed by atoms with Crippen molar-refractivity contribution in [3.8, 4) is 0 Å². The van der Waals surface area contributed by atoms with E-state index in [1.165, 1.54) is 30.3 Å². The van der Waals surface area contributed by atoms with Gasteiger partial charge < -0.3 is 10.4 Å². The summed E-state index contributed by atoms with van der Waals surface area (Å²) in [6.45, 7) is 1.90. The van der Waals surface area contributed by atoms with Crippen LogP contribution in [0.2, 0.25) is 0 Å². The summed E-state index contributed by atoms with van der Waals surface area (Å²) in [6.07, 6.45) is 6.39. The number of rotatable bonds is 6. The number of amides is 1. The maximum atomic E-state index is 11.4. The van der Waals surface area contributed by atoms with Gasteiger partial charge in [-0.2, -0.15) is 0 Å². The average Bonchev–Trinajstić information content (AvgIpc) is 2.85. The van der Waals surface area contributed by atoms with Crippen LogP contribution in [0.1, 0.15) is 41.8 Å². The zero-order valence-corrected chi connectivity index (χ0v) is 12.5. The second-order valence-electron chi connectivity index (χ2n) is 5.14. The van der Waals surface area contributed by atoms with Crippen LogP contribution in [0.4, 0.5) is 0 Å². The highest BCUT2D eigenvalue weighted by atomic mass is 32.1. The van der Waals surface area contributed by atoms with Crippen LogP contribution in [0.5, 0.6) is 0 Å². The van der Waals surface area contributed by atoms with Crippen molar-refractivity contribution in [1.29, 1.82) is 0 Å². The molecular weight excluding hydrogens is 276 g/mol. The van der Waals surface area contributed by atoms with Crippen molar-refractivity contribution in [1.82, 2.24) is 10.3 Å². The van der Waals surface area contributed by atoms with E-state index in [0.29, 0.717) is 6.54 Å². The summed E-state index contributed by atoms with van der Waals surface area (Å²) in [7, 11) is 0. The Morgan fingerprint density at radius 1 is 1.40 bits per heavy atom. The summed E-state index contributed by atoms with van der Waals surface area (Å²) < 4.78 is 0. The molecule has 0 aromatic carbocycles. The zero-order valence-electron chi connectivity index (χ0n) is 11.6. The lowest BCUT2D eigenvalue weighted by Gasteiger charge is -2.07. The molecule has 1 aromatic heterocycles. The van der Waals surface area contributed by atoms with Crippen molar-refractivity contribution in [2.45, 2.75) is 45.4 Å². The monoisotopic (exact) mass is 296 g/mol. The fourth-order valence-electron chi connectivity index (χ4n) is 2.23. The Morgan fingerprint density at radius 2 is 2.15 bits per heavy atom. The summed E-state index contributed by atoms with van der Waals surface area (Å²) >= 11 is 1.79. The molecule has 1 heterocycles. The van der Waals surface area contributed by atoms with E-state index < -0.39 is 17.8 Å². The van der Waals surface area contributed by atoms with Gasteiger partial charge in [0.05, 0.1) is 10.7 Å². The van der Waals surface area contributed by atoms with Crippen LogP contribution in [-0.2, 0) is 28.9 Å². The number of nitrogens with one attached hydrogen (secondary N) is 1. The summed E-state index contributed by atoms with van der Waals surface area (Å²) in [6, 6.07) is 0. The smallest absolute Gasteiger partial charge is 0.315 e. The van der Waals surface area contributed by atoms with Gasteiger partial charge in [-0.3, -0.25) is 9.59 Å². The van der Waals surface area contributed by atoms with Gasteiger partial charge in [0.1, 0.15) is 5.92 Å². The molecular formula is C14H20N2O3S. The van der Waals surface area contributed by atoms with Crippen LogP contribution < -0.4 is 5.32 Å². The minimum absolute atomic E-state index is 0.420. The van der Waals surface area contributed by atoms with Gasteiger partial charge in [0, 0.05) is 17.8 Å². The Bertz CT molecular complexity index is 475. The maximum absolute atomic E-state index is 11.4. The third kappa shape index (κ3) is 3.79. The van der Waals surface area contributed by atoms with E-state index in [9.17, 15) is 9.59 Å². The van der Waals surface area contributed by atoms with E-state index in [0.717, 1.165) is 30.7 Å². The SMILES string of the molecule is CC(C(=O)O)C(=O)NCCCc1nc2c(s1)CCCC2. The molecule has 2 N–H and O–H groups in total. The highest BCUT2D eigenvalue weighted by Crippen LogP contribution is 2.27. The molecule has 110 valence electrons. The third-order valence-corrected chi connectivity index (χ3v) is 4.74. The normalized spacial score (nSPS) is 15.4. The van der Waals surface area contributed by atoms with Crippen molar-refractivity contribution in [2.75, 3.05) is 6.54 Å². The molecule has 0 fully saturated rings. The summed E-state index contributed by atoms with van der Waals surface area (Å²) in [5, 5.41) is 12.5. The van der Waals surface area contributed by atoms with Crippen molar-refractivity contribution >= 4 is 23.2 Å². The second-order valence-corrected chi connectivity index (χ2v) is 6.31. The highest BCUT2D eigenvalue weighted by molar-refractivity contribution is 7.11. The largest absolute Gasteiger partial charge is 0.481 e. The number of aromatic nitrogens is 1. The van der Waals surface area contributed by atoms with E-state index in [-0.39, 0.29) is 0 Å². The number of carbonyl (C=O) groups excluding carboxylic acids is 1. The standard InChI is InChI=1S/C14H20N2O3S/c1-9(14(18)19)13(17)15-8-4-7-12-16-10-5-2-3-6-11(10)20-12/h9H,2-8H2,1H3,(H,15,17)(H,18,19). The number of carbonyl (C=O) groups is 2. The lowest BCUT2D eigenvalue weighted by Crippen LogP contribution is -2.34. The number of hydrogen-bond acceptors (Lipinski definition) is 4. The maximum Gasteiger partial charge on any atom is 0.315 e. The number of carboxylic acid groups (broad SMARTS) is 1. The van der Waals surface area contributed by atoms with Crippen molar-refractivity contribution in [2.24, 2.45) is 5.92 Å². The molecule has 1 atom stereocenters. The van der Waals surface area contributed by atoms with E-state index in [2.05, 4.69) is 10.3 Å². The third-order valence-electron chi connectivity index (χ3n) is 3.52. The molecule has 0 bridgehead atoms. The Hall–Kier alpha value is -1.43. The molecule has 0 aliphatic heterocycles. The number of hydrogen-bond donors (Lipinski definition) is 2. The van der Waals surface area contributed by atoms with Crippen LogP contribution >= 0.6 is 11.3 Å². The first kappa shape index (κ1) is 15.0. The van der Waals surface area contributed by atoms with E-state index in [1.54, 1.807) is 11.3 Å². The first-order valence-electron chi connectivity index (χ1n) is 7.06. The molecule has 0 saturated heterocycles. The van der Waals surface area contributed by atoms with Gasteiger partial charge in [-0.15, -0.1) is 11.3 Å². The minimum atomic E-state index is -1.09. The molecule has 1 amide bonds. The van der Waals surface area contributed by atoms with Gasteiger partial charge in [-0.05, 0) is 39.0 Å². The molecule has 1 unspecified atom stereocenters. The van der Waals surface area contributed by atoms with Crippen LogP contribution in [0, 0.1) is 5.92 Å². The predicted octanol–water partition coefficient (Wildman–Crippen LogP) is 1.79. The molecule has 2 rings (SSSR count). The topological polar surface area (TPSA) is 79.3 Å². The van der Waals surface area contributed by atoms with Gasteiger partial charge in [-0.25, -0.2) is 4.98 Å². The van der Waals surface area contributed by atoms with Gasteiger partial charge >= 0.3 is 5.97 Å². The molecule has 5 nitrogen and oxygen atoms in total. The minimum Gasteiger partial charge on any atom is -0.481 e. The quantitative estimate of drug-likeness (QED) is 0.619. The van der Waals surface area contributed by atoms with Gasteiger partial charge in [0.2, 0.25) is 5.91 Å². The van der Waals surface area contributed by atoms with E-state index in [4.69, 9.17) is 5.11 Å². The predicted molar refractivity (Wildman–Crippen MR) is 76.9 cm³/mol. The number of aliphatic carboxylic acids is 1. The lowest BCUT2D eigenvalue weighted by molar-refractivity contribution is -0.146. The van der Waals surface area contributed by atoms with Crippen molar-refractivity contribution < 1.29 is 14.7 Å². The first-order valence-corrected chi connectivity index (χ1v) is 7.87. The average molecular weight is 296 g/mol. The molecule has 6 heteroatoms. The number of thiazole rings is 1. The van der Waals surface area contributed by atoms with Crippen molar-refractivity contribution in [3.05, 3.63) is 15.6 Å². The van der Waals surface area contributed by atoms with Crippen LogP contribution in [-0.4, -0.2) is 28.5 Å². The van der Waals surface area contributed by atoms with Gasteiger partial charge in [0.15, 0.2) is 0 Å². The molecule has 0 saturated carbocycles. The molecule has 1 aliphatic rings. The zero-order chi connectivity index (χ0) is 14.5. The molecule has 1 aromatic rings. The molecule has 20 heavy (non-hydrogen) atoms. The Kier molecular flexibility index (Phi) is 5.11. The summed E-state index contributed by atoms with van der Waals surface area (Å²) in [5.41, 5.74) is 1.26. The number of carboxylic acids is 1. The molecule has 0 radical (unpaired) electrons. The number of nitrogens with zero attached hydrogens (tertiary/aromatic N) is 1. The Balaban J connectivity index is 1.72. The van der Waals surface area contributed by atoms with Crippen LogP contribution in [0.15, 0.2) is 0 Å². The van der Waals surface area contributed by atoms with Crippen LogP contribution in [0.25, 0.3) is 0 Å². The van der Waals surface area contributed by atoms with E-state index >= 15 is 0 Å². The molecule has 0 spiro atoms. The highest BCUT2D eigenvalue weighted by Gasteiger charge is 2.19.